The molecule has 0 amide bonds. The quantitative estimate of drug-likeness (QED) is 0.668. The van der Waals surface area contributed by atoms with E-state index in [4.69, 9.17) is 20.9 Å². The molecule has 5 N–H and O–H groups in total. The molecule has 0 spiro atoms. The molecular formula is C13H24Cl3N3O3. The molecule has 1 saturated heterocycles. The summed E-state index contributed by atoms with van der Waals surface area (Å²) in [5.74, 6) is 0.551. The summed E-state index contributed by atoms with van der Waals surface area (Å²) in [5, 5.41) is 9.94. The second kappa shape index (κ2) is 11.9. The average Bonchev–Trinajstić information content (AvgIpc) is 2.39. The van der Waals surface area contributed by atoms with Gasteiger partial charge in [0.05, 0.1) is 18.9 Å². The minimum absolute atomic E-state index is 0. The molecule has 1 fully saturated rings. The van der Waals surface area contributed by atoms with Crippen LogP contribution in [0.25, 0.3) is 0 Å². The second-order valence-electron chi connectivity index (χ2n) is 4.68. The van der Waals surface area contributed by atoms with E-state index in [1.807, 2.05) is 0 Å². The summed E-state index contributed by atoms with van der Waals surface area (Å²) in [7, 11) is 0. The molecule has 0 bridgehead atoms. The highest BCUT2D eigenvalue weighted by molar-refractivity contribution is 5.86. The SMILES string of the molecule is Cl.Cl.Cl.Nc1ccc(OCC(O)CN2CCOCC2)c(N)c1. The molecule has 1 aromatic carbocycles. The van der Waals surface area contributed by atoms with Gasteiger partial charge in [-0.25, -0.2) is 0 Å². The van der Waals surface area contributed by atoms with E-state index >= 15 is 0 Å². The fourth-order valence-electron chi connectivity index (χ4n) is 2.02. The molecular weight excluding hydrogens is 353 g/mol. The maximum absolute atomic E-state index is 9.94. The van der Waals surface area contributed by atoms with Crippen molar-refractivity contribution in [2.45, 2.75) is 6.10 Å². The first-order chi connectivity index (χ1) is 9.15. The molecule has 0 saturated carbocycles. The summed E-state index contributed by atoms with van der Waals surface area (Å²) in [4.78, 5) is 2.16. The molecule has 9 heteroatoms. The predicted octanol–water partition coefficient (Wildman–Crippen LogP) is 1.19. The van der Waals surface area contributed by atoms with Gasteiger partial charge in [-0.05, 0) is 18.2 Å². The van der Waals surface area contributed by atoms with Gasteiger partial charge in [-0.1, -0.05) is 0 Å². The number of benzene rings is 1. The third-order valence-electron chi connectivity index (χ3n) is 3.04. The minimum Gasteiger partial charge on any atom is -0.489 e. The van der Waals surface area contributed by atoms with Crippen LogP contribution in [-0.2, 0) is 4.74 Å². The van der Waals surface area contributed by atoms with Gasteiger partial charge in [0.2, 0.25) is 0 Å². The number of aliphatic hydroxyl groups is 1. The lowest BCUT2D eigenvalue weighted by Crippen LogP contribution is -2.42. The number of nitrogens with zero attached hydrogens (tertiary/aromatic N) is 1. The highest BCUT2D eigenvalue weighted by atomic mass is 35.5. The number of nitrogen functional groups attached to an aromatic ring is 2. The lowest BCUT2D eigenvalue weighted by Gasteiger charge is -2.28. The summed E-state index contributed by atoms with van der Waals surface area (Å²) in [6.45, 7) is 3.93. The van der Waals surface area contributed by atoms with Crippen molar-refractivity contribution in [3.63, 3.8) is 0 Å². The predicted molar refractivity (Wildman–Crippen MR) is 95.8 cm³/mol. The molecule has 0 aromatic heterocycles. The number of anilines is 2. The van der Waals surface area contributed by atoms with Crippen molar-refractivity contribution < 1.29 is 14.6 Å². The molecule has 1 aliphatic rings. The fraction of sp³-hybridized carbons (Fsp3) is 0.538. The van der Waals surface area contributed by atoms with Crippen molar-refractivity contribution in [2.24, 2.45) is 0 Å². The van der Waals surface area contributed by atoms with Crippen molar-refractivity contribution in [1.29, 1.82) is 0 Å². The monoisotopic (exact) mass is 375 g/mol. The molecule has 1 heterocycles. The first-order valence-corrected chi connectivity index (χ1v) is 6.41. The highest BCUT2D eigenvalue weighted by Gasteiger charge is 2.15. The Hall–Kier alpha value is -0.630. The number of aliphatic hydroxyl groups excluding tert-OH is 1. The van der Waals surface area contributed by atoms with Crippen LogP contribution in [-0.4, -0.2) is 55.6 Å². The van der Waals surface area contributed by atoms with Gasteiger partial charge in [0.1, 0.15) is 18.5 Å². The van der Waals surface area contributed by atoms with Crippen LogP contribution in [0.15, 0.2) is 18.2 Å². The molecule has 0 aliphatic carbocycles. The van der Waals surface area contributed by atoms with E-state index in [9.17, 15) is 5.11 Å². The normalized spacial score (nSPS) is 15.7. The molecule has 1 aliphatic heterocycles. The Morgan fingerprint density at radius 3 is 2.41 bits per heavy atom. The van der Waals surface area contributed by atoms with Crippen molar-refractivity contribution in [3.05, 3.63) is 18.2 Å². The van der Waals surface area contributed by atoms with Crippen molar-refractivity contribution in [3.8, 4) is 5.75 Å². The van der Waals surface area contributed by atoms with E-state index in [0.717, 1.165) is 26.3 Å². The molecule has 22 heavy (non-hydrogen) atoms. The first-order valence-electron chi connectivity index (χ1n) is 6.41. The Morgan fingerprint density at radius 2 is 1.82 bits per heavy atom. The van der Waals surface area contributed by atoms with Gasteiger partial charge in [0.15, 0.2) is 0 Å². The van der Waals surface area contributed by atoms with Crippen molar-refractivity contribution >= 4 is 48.6 Å². The highest BCUT2D eigenvalue weighted by Crippen LogP contribution is 2.23. The first kappa shape index (κ1) is 23.6. The summed E-state index contributed by atoms with van der Waals surface area (Å²) in [6.07, 6.45) is -0.546. The molecule has 2 rings (SSSR count). The molecule has 1 aromatic rings. The van der Waals surface area contributed by atoms with Gasteiger partial charge in [0, 0.05) is 25.3 Å². The Labute approximate surface area is 149 Å². The number of β-amino-alcohol motifs (C(OH)–C–C–N with tert-alkyl or cyclic N) is 1. The van der Waals surface area contributed by atoms with E-state index in [1.54, 1.807) is 18.2 Å². The maximum atomic E-state index is 9.94. The van der Waals surface area contributed by atoms with Crippen LogP contribution in [0, 0.1) is 0 Å². The van der Waals surface area contributed by atoms with Crippen molar-refractivity contribution in [1.82, 2.24) is 4.90 Å². The number of halogens is 3. The Kier molecular flexibility index (Phi) is 12.8. The smallest absolute Gasteiger partial charge is 0.142 e. The molecule has 1 atom stereocenters. The number of hydrogen-bond donors (Lipinski definition) is 3. The maximum Gasteiger partial charge on any atom is 0.142 e. The average molecular weight is 377 g/mol. The molecule has 0 radical (unpaired) electrons. The zero-order valence-electron chi connectivity index (χ0n) is 12.1. The van der Waals surface area contributed by atoms with Gasteiger partial charge in [0.25, 0.3) is 0 Å². The third-order valence-corrected chi connectivity index (χ3v) is 3.04. The van der Waals surface area contributed by atoms with Crippen molar-refractivity contribution in [2.75, 3.05) is 50.9 Å². The van der Waals surface area contributed by atoms with E-state index in [-0.39, 0.29) is 43.8 Å². The third kappa shape index (κ3) is 7.58. The number of ether oxygens (including phenoxy) is 2. The number of rotatable bonds is 5. The summed E-state index contributed by atoms with van der Waals surface area (Å²) >= 11 is 0. The topological polar surface area (TPSA) is 94.0 Å². The molecule has 6 nitrogen and oxygen atoms in total. The van der Waals surface area contributed by atoms with Gasteiger partial charge < -0.3 is 26.0 Å². The fourth-order valence-corrected chi connectivity index (χ4v) is 2.02. The van der Waals surface area contributed by atoms with Crippen LogP contribution < -0.4 is 16.2 Å². The summed E-state index contributed by atoms with van der Waals surface area (Å²) in [5.41, 5.74) is 12.5. The van der Waals surface area contributed by atoms with Gasteiger partial charge in [-0.3, -0.25) is 4.90 Å². The zero-order valence-corrected chi connectivity index (χ0v) is 14.6. The minimum atomic E-state index is -0.546. The summed E-state index contributed by atoms with van der Waals surface area (Å²) in [6, 6.07) is 5.08. The van der Waals surface area contributed by atoms with Crippen LogP contribution >= 0.6 is 37.2 Å². The van der Waals surface area contributed by atoms with Crippen LogP contribution in [0.2, 0.25) is 0 Å². The lowest BCUT2D eigenvalue weighted by atomic mass is 10.2. The van der Waals surface area contributed by atoms with E-state index < -0.39 is 6.10 Å². The Morgan fingerprint density at radius 1 is 1.18 bits per heavy atom. The van der Waals surface area contributed by atoms with Gasteiger partial charge >= 0.3 is 0 Å². The summed E-state index contributed by atoms with van der Waals surface area (Å²) < 4.78 is 10.8. The van der Waals surface area contributed by atoms with E-state index in [1.165, 1.54) is 0 Å². The standard InChI is InChI=1S/C13H21N3O3.3ClH/c14-10-1-2-13(12(15)7-10)19-9-11(17)8-16-3-5-18-6-4-16;;;/h1-2,7,11,17H,3-6,8-9,14-15H2;3*1H. The van der Waals surface area contributed by atoms with Crippen LogP contribution in [0.5, 0.6) is 5.75 Å². The molecule has 1 unspecified atom stereocenters. The van der Waals surface area contributed by atoms with Crippen LogP contribution in [0.4, 0.5) is 11.4 Å². The largest absolute Gasteiger partial charge is 0.489 e. The Bertz CT molecular complexity index is 421. The lowest BCUT2D eigenvalue weighted by molar-refractivity contribution is 0.00473. The Balaban J connectivity index is 0. The van der Waals surface area contributed by atoms with E-state index in [0.29, 0.717) is 23.7 Å². The second-order valence-corrected chi connectivity index (χ2v) is 4.68. The van der Waals surface area contributed by atoms with Gasteiger partial charge in [-0.2, -0.15) is 0 Å². The van der Waals surface area contributed by atoms with Gasteiger partial charge in [-0.15, -0.1) is 37.2 Å². The van der Waals surface area contributed by atoms with Crippen LogP contribution in [0.3, 0.4) is 0 Å². The van der Waals surface area contributed by atoms with E-state index in [2.05, 4.69) is 4.90 Å². The zero-order chi connectivity index (χ0) is 13.7. The molecule has 130 valence electrons. The number of nitrogens with two attached hydrogens (primary N) is 2. The number of hydrogen-bond acceptors (Lipinski definition) is 6. The van der Waals surface area contributed by atoms with Crippen LogP contribution in [0.1, 0.15) is 0 Å². The number of morpholine rings is 1.